The molecule has 2 aromatic carbocycles. The zero-order valence-corrected chi connectivity index (χ0v) is 35.7. The average molecular weight is 873 g/mol. The van der Waals surface area contributed by atoms with Crippen LogP contribution < -0.4 is 31.5 Å². The van der Waals surface area contributed by atoms with E-state index < -0.39 is 29.4 Å². The second-order valence-electron chi connectivity index (χ2n) is 15.8. The van der Waals surface area contributed by atoms with Crippen molar-refractivity contribution in [3.63, 3.8) is 0 Å². The van der Waals surface area contributed by atoms with Gasteiger partial charge < -0.3 is 54.9 Å². The maximum Gasteiger partial charge on any atom is 0.407 e. The van der Waals surface area contributed by atoms with Crippen molar-refractivity contribution in [2.24, 2.45) is 14.1 Å². The molecule has 0 fully saturated rings. The number of hydrogen-bond donors (Lipinski definition) is 6. The van der Waals surface area contributed by atoms with Crippen molar-refractivity contribution in [2.75, 3.05) is 46.4 Å². The largest absolute Gasteiger partial charge is 0.508 e. The number of phenols is 1. The molecule has 0 bridgehead atoms. The van der Waals surface area contributed by atoms with Gasteiger partial charge in [-0.1, -0.05) is 6.07 Å². The van der Waals surface area contributed by atoms with Crippen molar-refractivity contribution in [1.82, 2.24) is 29.7 Å². The predicted octanol–water partition coefficient (Wildman–Crippen LogP) is 5.62. The van der Waals surface area contributed by atoms with Gasteiger partial charge in [0.15, 0.2) is 17.4 Å². The van der Waals surface area contributed by atoms with E-state index in [1.807, 2.05) is 0 Å². The third-order valence-corrected chi connectivity index (χ3v) is 10.00. The van der Waals surface area contributed by atoms with E-state index in [9.17, 15) is 33.9 Å². The molecule has 1 aliphatic heterocycles. The summed E-state index contributed by atoms with van der Waals surface area (Å²) in [5.41, 5.74) is 1.79. The molecule has 4 heterocycles. The van der Waals surface area contributed by atoms with Crippen molar-refractivity contribution in [1.29, 1.82) is 0 Å². The summed E-state index contributed by atoms with van der Waals surface area (Å²) in [7, 11) is 3.19. The Hall–Kier alpha value is -6.89. The van der Waals surface area contributed by atoms with E-state index in [1.54, 1.807) is 71.3 Å². The number of aryl methyl sites for hydroxylation is 2. The monoisotopic (exact) mass is 872 g/mol. The van der Waals surface area contributed by atoms with Crippen LogP contribution in [0.4, 0.5) is 27.8 Å². The van der Waals surface area contributed by atoms with Crippen LogP contribution in [0.1, 0.15) is 96.1 Å². The minimum atomic E-state index is -0.623. The highest BCUT2D eigenvalue weighted by atomic mass is 35.5. The van der Waals surface area contributed by atoms with Gasteiger partial charge in [-0.05, 0) is 75.9 Å². The van der Waals surface area contributed by atoms with Crippen molar-refractivity contribution in [2.45, 2.75) is 64.4 Å². The molecule has 328 valence electrons. The summed E-state index contributed by atoms with van der Waals surface area (Å²) < 4.78 is 13.9. The number of nitrogens with zero attached hydrogens (tertiary/aromatic N) is 5. The number of furan rings is 1. The topological polar surface area (TPSA) is 244 Å². The van der Waals surface area contributed by atoms with Crippen molar-refractivity contribution < 1.29 is 43.0 Å². The molecule has 0 saturated heterocycles. The molecule has 19 nitrogen and oxygen atoms in total. The zero-order chi connectivity index (χ0) is 44.7. The molecule has 6 N–H and O–H groups in total. The molecule has 3 aromatic heterocycles. The molecule has 20 heteroatoms. The molecule has 1 aliphatic rings. The van der Waals surface area contributed by atoms with Gasteiger partial charge in [0.05, 0.1) is 5.69 Å². The lowest BCUT2D eigenvalue weighted by molar-refractivity contribution is -0.117. The molecule has 0 radical (unpaired) electrons. The number of alkyl halides is 1. The van der Waals surface area contributed by atoms with Gasteiger partial charge in [0.25, 0.3) is 17.7 Å². The summed E-state index contributed by atoms with van der Waals surface area (Å²) in [4.78, 5) is 86.5. The third kappa shape index (κ3) is 11.3. The fourth-order valence-electron chi connectivity index (χ4n) is 6.73. The number of imidazole rings is 2. The molecular formula is C42H49ClN10O9. The van der Waals surface area contributed by atoms with Crippen LogP contribution in [-0.4, -0.2) is 91.0 Å². The average Bonchev–Trinajstić information content (AvgIpc) is 3.98. The van der Waals surface area contributed by atoms with E-state index in [4.69, 9.17) is 20.8 Å². The van der Waals surface area contributed by atoms with Crippen LogP contribution in [0.2, 0.25) is 0 Å². The Morgan fingerprint density at radius 1 is 0.823 bits per heavy atom. The number of hydrogen-bond acceptors (Lipinski definition) is 11. The molecule has 0 saturated carbocycles. The quantitative estimate of drug-likeness (QED) is 0.0525. The SMILES string of the molecule is Cn1cc(NC(=O)c2nc(NC(=O)CCCC(=O)Nc3ccc4oc(C(=O)N5CC(CCl)c6ccc(O)cc65)cc4c3)cn2C)nc1C(=O)NCCCCNC(=O)OC(C)(C)C. The van der Waals surface area contributed by atoms with Crippen molar-refractivity contribution in [3.8, 4) is 5.75 Å². The normalized spacial score (nSPS) is 13.4. The highest BCUT2D eigenvalue weighted by Crippen LogP contribution is 2.40. The number of aromatic hydroxyl groups is 1. The van der Waals surface area contributed by atoms with Crippen LogP contribution in [0.3, 0.4) is 0 Å². The number of ether oxygens (including phenoxy) is 1. The lowest BCUT2D eigenvalue weighted by Gasteiger charge is -2.19. The number of carbonyl (C=O) groups is 6. The Morgan fingerprint density at radius 2 is 1.47 bits per heavy atom. The van der Waals surface area contributed by atoms with Gasteiger partial charge in [-0.15, -0.1) is 11.6 Å². The lowest BCUT2D eigenvalue weighted by atomic mass is 10.0. The van der Waals surface area contributed by atoms with Gasteiger partial charge in [0.2, 0.25) is 23.5 Å². The second-order valence-corrected chi connectivity index (χ2v) is 16.1. The van der Waals surface area contributed by atoms with E-state index >= 15 is 0 Å². The van der Waals surface area contributed by atoms with Gasteiger partial charge in [0, 0.05) is 87.9 Å². The standard InChI is InChI=1S/C42H49ClN10O9/c1-42(2,3)62-41(60)45-16-7-6-15-44-38(57)36-49-33(23-51(36)4)50-39(58)37-48-32(22-52(37)5)47-35(56)10-8-9-34(55)46-26-11-14-30-24(17-26)18-31(61-30)40(59)53-21-25(20-43)28-13-12-27(54)19-29(28)53/h11-14,17-19,22-23,25,54H,6-10,15-16,20-21H2,1-5H3,(H,44,57)(H,45,60)(H,46,55)(H,47,56)(H,50,58). The van der Waals surface area contributed by atoms with Crippen molar-refractivity contribution in [3.05, 3.63) is 77.8 Å². The summed E-state index contributed by atoms with van der Waals surface area (Å²) in [5.74, 6) is -1.52. The predicted molar refractivity (Wildman–Crippen MR) is 231 cm³/mol. The summed E-state index contributed by atoms with van der Waals surface area (Å²) in [5, 5.41) is 24.1. The number of aromatic nitrogens is 4. The number of amides is 6. The number of benzene rings is 2. The van der Waals surface area contributed by atoms with Gasteiger partial charge in [-0.3, -0.25) is 24.0 Å². The minimum absolute atomic E-state index is 0.00148. The number of alkyl carbamates (subject to hydrolysis) is 1. The van der Waals surface area contributed by atoms with E-state index in [0.717, 1.165) is 5.56 Å². The van der Waals surface area contributed by atoms with E-state index in [-0.39, 0.29) is 71.8 Å². The maximum absolute atomic E-state index is 13.5. The summed E-state index contributed by atoms with van der Waals surface area (Å²) in [6.07, 6.45) is 3.93. The number of fused-ring (bicyclic) bond motifs is 2. The summed E-state index contributed by atoms with van der Waals surface area (Å²) >= 11 is 6.16. The van der Waals surface area contributed by atoms with Crippen molar-refractivity contribution >= 4 is 81.2 Å². The highest BCUT2D eigenvalue weighted by Gasteiger charge is 2.34. The maximum atomic E-state index is 13.5. The number of unbranched alkanes of at least 4 members (excludes halogenated alkanes) is 1. The van der Waals surface area contributed by atoms with Crippen LogP contribution >= 0.6 is 11.6 Å². The molecule has 0 spiro atoms. The molecule has 1 atom stereocenters. The summed E-state index contributed by atoms with van der Waals surface area (Å²) in [6, 6.07) is 11.4. The first-order valence-corrected chi connectivity index (χ1v) is 20.5. The van der Waals surface area contributed by atoms with Crippen LogP contribution in [0.25, 0.3) is 11.0 Å². The van der Waals surface area contributed by atoms with Crippen LogP contribution in [0.15, 0.2) is 59.3 Å². The van der Waals surface area contributed by atoms with Gasteiger partial charge in [0.1, 0.15) is 16.9 Å². The van der Waals surface area contributed by atoms with Gasteiger partial charge in [-0.2, -0.15) is 0 Å². The minimum Gasteiger partial charge on any atom is -0.508 e. The first-order valence-electron chi connectivity index (χ1n) is 19.9. The number of halogens is 1. The second kappa shape index (κ2) is 19.2. The zero-order valence-electron chi connectivity index (χ0n) is 35.0. The number of anilines is 4. The third-order valence-electron chi connectivity index (χ3n) is 9.62. The van der Waals surface area contributed by atoms with E-state index in [1.165, 1.54) is 32.5 Å². The fraction of sp³-hybridized carbons (Fsp3) is 0.381. The number of nitrogens with one attached hydrogen (secondary N) is 5. The fourth-order valence-corrected chi connectivity index (χ4v) is 7.00. The van der Waals surface area contributed by atoms with E-state index in [0.29, 0.717) is 60.7 Å². The van der Waals surface area contributed by atoms with Crippen LogP contribution in [0, 0.1) is 0 Å². The van der Waals surface area contributed by atoms with E-state index in [2.05, 4.69) is 36.6 Å². The number of phenolic OH excluding ortho intramolecular Hbond substituents is 1. The Morgan fingerprint density at radius 3 is 2.15 bits per heavy atom. The molecule has 6 amide bonds. The molecule has 6 rings (SSSR count). The number of rotatable bonds is 16. The molecule has 0 aliphatic carbocycles. The van der Waals surface area contributed by atoms with Crippen LogP contribution in [-0.2, 0) is 28.4 Å². The first-order chi connectivity index (χ1) is 29.5. The molecule has 62 heavy (non-hydrogen) atoms. The Labute approximate surface area is 361 Å². The summed E-state index contributed by atoms with van der Waals surface area (Å²) in [6.45, 7) is 6.42. The lowest BCUT2D eigenvalue weighted by Crippen LogP contribution is -2.33. The molecule has 5 aromatic rings. The Bertz CT molecular complexity index is 2500. The van der Waals surface area contributed by atoms with Crippen LogP contribution in [0.5, 0.6) is 5.75 Å². The Kier molecular flexibility index (Phi) is 13.8. The highest BCUT2D eigenvalue weighted by molar-refractivity contribution is 6.19. The smallest absolute Gasteiger partial charge is 0.407 e. The first kappa shape index (κ1) is 44.7. The molecular weight excluding hydrogens is 824 g/mol. The van der Waals surface area contributed by atoms with Gasteiger partial charge >= 0.3 is 6.09 Å². The Balaban J connectivity index is 0.922. The van der Waals surface area contributed by atoms with Gasteiger partial charge in [-0.25, -0.2) is 14.8 Å². The molecule has 1 unspecified atom stereocenters. The number of carbonyl (C=O) groups excluding carboxylic acids is 6.